The number of carbonyl (C=O) groups excluding carboxylic acids is 1. The Kier molecular flexibility index (Phi) is 2.77. The maximum Gasteiger partial charge on any atom is 0.232 e. The summed E-state index contributed by atoms with van der Waals surface area (Å²) in [4.78, 5) is 17.5. The van der Waals surface area contributed by atoms with E-state index in [0.29, 0.717) is 23.9 Å². The zero-order valence-electron chi connectivity index (χ0n) is 10.3. The van der Waals surface area contributed by atoms with E-state index < -0.39 is 5.82 Å². The summed E-state index contributed by atoms with van der Waals surface area (Å²) in [5.74, 6) is 0.258. The van der Waals surface area contributed by atoms with Crippen molar-refractivity contribution in [1.82, 2.24) is 10.1 Å². The fourth-order valence-electron chi connectivity index (χ4n) is 2.26. The topological polar surface area (TPSA) is 59.2 Å². The minimum absolute atomic E-state index is 0.133. The summed E-state index contributed by atoms with van der Waals surface area (Å²) < 4.78 is 18.8. The molecule has 1 saturated heterocycles. The van der Waals surface area contributed by atoms with Crippen LogP contribution >= 0.6 is 0 Å². The summed E-state index contributed by atoms with van der Waals surface area (Å²) in [6.45, 7) is 2.08. The fourth-order valence-corrected chi connectivity index (χ4v) is 2.26. The molecule has 1 aliphatic rings. The molecule has 6 heteroatoms. The summed E-state index contributed by atoms with van der Waals surface area (Å²) >= 11 is 0. The highest BCUT2D eigenvalue weighted by Gasteiger charge is 2.35. The van der Waals surface area contributed by atoms with E-state index in [1.54, 1.807) is 25.1 Å². The largest absolute Gasteiger partial charge is 0.339 e. The van der Waals surface area contributed by atoms with Gasteiger partial charge < -0.3 is 9.42 Å². The van der Waals surface area contributed by atoms with Crippen LogP contribution in [0.4, 0.5) is 10.1 Å². The average molecular weight is 261 g/mol. The van der Waals surface area contributed by atoms with Gasteiger partial charge in [0.15, 0.2) is 5.82 Å². The van der Waals surface area contributed by atoms with Gasteiger partial charge in [0.2, 0.25) is 11.8 Å². The number of anilines is 1. The minimum Gasteiger partial charge on any atom is -0.339 e. The van der Waals surface area contributed by atoms with Gasteiger partial charge in [0.25, 0.3) is 0 Å². The second-order valence-corrected chi connectivity index (χ2v) is 4.54. The fraction of sp³-hybridized carbons (Fsp3) is 0.308. The molecule has 0 spiro atoms. The maximum atomic E-state index is 13.7. The van der Waals surface area contributed by atoms with E-state index in [0.717, 1.165) is 0 Å². The third-order valence-corrected chi connectivity index (χ3v) is 3.16. The van der Waals surface area contributed by atoms with Crippen molar-refractivity contribution in [1.29, 1.82) is 0 Å². The highest BCUT2D eigenvalue weighted by molar-refractivity contribution is 5.96. The summed E-state index contributed by atoms with van der Waals surface area (Å²) in [5, 5.41) is 3.71. The van der Waals surface area contributed by atoms with Gasteiger partial charge >= 0.3 is 0 Å². The van der Waals surface area contributed by atoms with Crippen molar-refractivity contribution in [2.45, 2.75) is 19.3 Å². The molecule has 19 heavy (non-hydrogen) atoms. The molecule has 3 rings (SSSR count). The summed E-state index contributed by atoms with van der Waals surface area (Å²) in [6.07, 6.45) is 0.260. The van der Waals surface area contributed by atoms with Crippen molar-refractivity contribution >= 4 is 11.6 Å². The van der Waals surface area contributed by atoms with Gasteiger partial charge in [-0.3, -0.25) is 4.79 Å². The molecule has 0 unspecified atom stereocenters. The molecule has 2 heterocycles. The molecule has 0 bridgehead atoms. The SMILES string of the molecule is Cc1noc([C@H]2CC(=O)N(c3ccccc3F)C2)n1. The lowest BCUT2D eigenvalue weighted by Crippen LogP contribution is -2.25. The molecule has 2 aromatic rings. The number of hydrogen-bond acceptors (Lipinski definition) is 4. The molecule has 98 valence electrons. The quantitative estimate of drug-likeness (QED) is 0.830. The molecule has 1 aromatic carbocycles. The number of halogens is 1. The molecule has 1 atom stereocenters. The van der Waals surface area contributed by atoms with Gasteiger partial charge in [0, 0.05) is 13.0 Å². The number of benzene rings is 1. The standard InChI is InChI=1S/C13H12FN3O2/c1-8-15-13(19-16-8)9-6-12(18)17(7-9)11-5-3-2-4-10(11)14/h2-5,9H,6-7H2,1H3/t9-/m0/s1. The molecular formula is C13H12FN3O2. The number of hydrogen-bond donors (Lipinski definition) is 0. The average Bonchev–Trinajstić information content (AvgIpc) is 2.96. The van der Waals surface area contributed by atoms with Gasteiger partial charge in [-0.05, 0) is 19.1 Å². The molecule has 0 N–H and O–H groups in total. The zero-order chi connectivity index (χ0) is 13.4. The van der Waals surface area contributed by atoms with Crippen LogP contribution in [0.2, 0.25) is 0 Å². The molecule has 0 radical (unpaired) electrons. The van der Waals surface area contributed by atoms with Gasteiger partial charge in [-0.15, -0.1) is 0 Å². The van der Waals surface area contributed by atoms with Crippen molar-refractivity contribution in [2.24, 2.45) is 0 Å². The van der Waals surface area contributed by atoms with Crippen LogP contribution in [-0.4, -0.2) is 22.6 Å². The van der Waals surface area contributed by atoms with E-state index in [1.807, 2.05) is 0 Å². The molecule has 0 aliphatic carbocycles. The molecular weight excluding hydrogens is 249 g/mol. The minimum atomic E-state index is -0.404. The van der Waals surface area contributed by atoms with E-state index in [2.05, 4.69) is 10.1 Å². The summed E-state index contributed by atoms with van der Waals surface area (Å²) in [7, 11) is 0. The van der Waals surface area contributed by atoms with E-state index >= 15 is 0 Å². The Hall–Kier alpha value is -2.24. The van der Waals surface area contributed by atoms with Crippen LogP contribution in [0, 0.1) is 12.7 Å². The number of nitrogens with zero attached hydrogens (tertiary/aromatic N) is 3. The van der Waals surface area contributed by atoms with E-state index in [1.165, 1.54) is 11.0 Å². The van der Waals surface area contributed by atoms with Gasteiger partial charge in [0.1, 0.15) is 5.82 Å². The van der Waals surface area contributed by atoms with Crippen LogP contribution in [0.1, 0.15) is 24.1 Å². The number of aromatic nitrogens is 2. The van der Waals surface area contributed by atoms with Crippen LogP contribution < -0.4 is 4.90 Å². The smallest absolute Gasteiger partial charge is 0.232 e. The van der Waals surface area contributed by atoms with Crippen molar-refractivity contribution in [3.63, 3.8) is 0 Å². The number of carbonyl (C=O) groups is 1. The van der Waals surface area contributed by atoms with E-state index in [-0.39, 0.29) is 18.2 Å². The second-order valence-electron chi connectivity index (χ2n) is 4.54. The molecule has 0 saturated carbocycles. The Morgan fingerprint density at radius 2 is 2.21 bits per heavy atom. The maximum absolute atomic E-state index is 13.7. The van der Waals surface area contributed by atoms with Crippen molar-refractivity contribution in [3.8, 4) is 0 Å². The van der Waals surface area contributed by atoms with Crippen LogP contribution in [0.25, 0.3) is 0 Å². The van der Waals surface area contributed by atoms with Gasteiger partial charge in [0.05, 0.1) is 11.6 Å². The van der Waals surface area contributed by atoms with E-state index in [9.17, 15) is 9.18 Å². The number of rotatable bonds is 2. The Morgan fingerprint density at radius 1 is 1.42 bits per heavy atom. The highest BCUT2D eigenvalue weighted by Crippen LogP contribution is 2.32. The second kappa shape index (κ2) is 4.46. The Labute approximate surface area is 109 Å². The summed E-state index contributed by atoms with van der Waals surface area (Å²) in [5.41, 5.74) is 0.297. The first-order valence-corrected chi connectivity index (χ1v) is 6.00. The Bertz CT molecular complexity index is 626. The van der Waals surface area contributed by atoms with Gasteiger partial charge in [-0.25, -0.2) is 4.39 Å². The zero-order valence-corrected chi connectivity index (χ0v) is 10.3. The third-order valence-electron chi connectivity index (χ3n) is 3.16. The third kappa shape index (κ3) is 2.09. The molecule has 5 nitrogen and oxygen atoms in total. The number of aryl methyl sites for hydroxylation is 1. The molecule has 1 fully saturated rings. The van der Waals surface area contributed by atoms with Crippen LogP contribution in [0.5, 0.6) is 0 Å². The lowest BCUT2D eigenvalue weighted by atomic mass is 10.1. The predicted molar refractivity (Wildman–Crippen MR) is 65.1 cm³/mol. The lowest BCUT2D eigenvalue weighted by molar-refractivity contribution is -0.117. The first-order chi connectivity index (χ1) is 9.15. The van der Waals surface area contributed by atoms with Crippen LogP contribution in [0.15, 0.2) is 28.8 Å². The molecule has 1 amide bonds. The lowest BCUT2D eigenvalue weighted by Gasteiger charge is -2.16. The summed E-state index contributed by atoms with van der Waals surface area (Å²) in [6, 6.07) is 6.23. The number of amides is 1. The van der Waals surface area contributed by atoms with Crippen LogP contribution in [-0.2, 0) is 4.79 Å². The first-order valence-electron chi connectivity index (χ1n) is 6.00. The normalized spacial score (nSPS) is 19.2. The van der Waals surface area contributed by atoms with Gasteiger partial charge in [-0.1, -0.05) is 17.3 Å². The monoisotopic (exact) mass is 261 g/mol. The van der Waals surface area contributed by atoms with E-state index in [4.69, 9.17) is 4.52 Å². The predicted octanol–water partition coefficient (Wildman–Crippen LogP) is 2.04. The van der Waals surface area contributed by atoms with Crippen molar-refractivity contribution in [2.75, 3.05) is 11.4 Å². The molecule has 1 aliphatic heterocycles. The van der Waals surface area contributed by atoms with Crippen molar-refractivity contribution in [3.05, 3.63) is 41.8 Å². The van der Waals surface area contributed by atoms with Crippen LogP contribution in [0.3, 0.4) is 0 Å². The highest BCUT2D eigenvalue weighted by atomic mass is 19.1. The van der Waals surface area contributed by atoms with Gasteiger partial charge in [-0.2, -0.15) is 4.98 Å². The molecule has 1 aromatic heterocycles. The first kappa shape index (κ1) is 11.8. The number of para-hydroxylation sites is 1. The Morgan fingerprint density at radius 3 is 2.89 bits per heavy atom. The van der Waals surface area contributed by atoms with Crippen molar-refractivity contribution < 1.29 is 13.7 Å². The Balaban J connectivity index is 1.86.